The van der Waals surface area contributed by atoms with Gasteiger partial charge in [-0.3, -0.25) is 4.79 Å². The van der Waals surface area contributed by atoms with E-state index in [-0.39, 0.29) is 5.78 Å². The second-order valence-corrected chi connectivity index (χ2v) is 3.93. The third-order valence-electron chi connectivity index (χ3n) is 2.81. The van der Waals surface area contributed by atoms with Crippen molar-refractivity contribution in [3.8, 4) is 0 Å². The third-order valence-corrected chi connectivity index (χ3v) is 2.81. The molecule has 0 saturated carbocycles. The Kier molecular flexibility index (Phi) is 2.42. The van der Waals surface area contributed by atoms with E-state index in [9.17, 15) is 4.79 Å². The fraction of sp³-hybridized carbons (Fsp3) is 0.154. The number of hydrogen-bond acceptors (Lipinski definition) is 4. The Balaban J connectivity index is 1.97. The van der Waals surface area contributed by atoms with Crippen molar-refractivity contribution in [2.45, 2.75) is 13.2 Å². The van der Waals surface area contributed by atoms with Crippen LogP contribution in [0.15, 0.2) is 36.9 Å². The molecule has 84 valence electrons. The lowest BCUT2D eigenvalue weighted by Crippen LogP contribution is -2.03. The Hall–Kier alpha value is -2.07. The minimum atomic E-state index is -0.0553. The van der Waals surface area contributed by atoms with Crippen LogP contribution >= 0.6 is 0 Å². The van der Waals surface area contributed by atoms with E-state index in [4.69, 9.17) is 4.74 Å². The number of carbonyl (C=O) groups is 1. The quantitative estimate of drug-likeness (QED) is 0.732. The Morgan fingerprint density at radius 1 is 1.06 bits per heavy atom. The Morgan fingerprint density at radius 3 is 2.65 bits per heavy atom. The van der Waals surface area contributed by atoms with Crippen LogP contribution in [0.2, 0.25) is 0 Å². The van der Waals surface area contributed by atoms with Crippen molar-refractivity contribution in [2.75, 3.05) is 0 Å². The molecule has 17 heavy (non-hydrogen) atoms. The Morgan fingerprint density at radius 2 is 1.82 bits per heavy atom. The average molecular weight is 226 g/mol. The van der Waals surface area contributed by atoms with Gasteiger partial charge >= 0.3 is 0 Å². The molecule has 1 aromatic heterocycles. The first kappa shape index (κ1) is 10.1. The summed E-state index contributed by atoms with van der Waals surface area (Å²) in [5.41, 5.74) is 3.41. The highest BCUT2D eigenvalue weighted by Crippen LogP contribution is 2.21. The standard InChI is InChI=1S/C13H10N2O2/c16-13(12-4-14-8-15-5-12)9-1-2-10-6-17-7-11(10)3-9/h1-5,8H,6-7H2. The van der Waals surface area contributed by atoms with Crippen LogP contribution in [-0.2, 0) is 18.0 Å². The van der Waals surface area contributed by atoms with Gasteiger partial charge in [-0.25, -0.2) is 9.97 Å². The molecular weight excluding hydrogens is 216 g/mol. The molecule has 1 aliphatic heterocycles. The molecule has 0 bridgehead atoms. The summed E-state index contributed by atoms with van der Waals surface area (Å²) in [5.74, 6) is -0.0553. The zero-order valence-electron chi connectivity index (χ0n) is 9.09. The summed E-state index contributed by atoms with van der Waals surface area (Å²) in [7, 11) is 0. The summed E-state index contributed by atoms with van der Waals surface area (Å²) >= 11 is 0. The Bertz CT molecular complexity index is 567. The Labute approximate surface area is 98.3 Å². The summed E-state index contributed by atoms with van der Waals surface area (Å²) in [4.78, 5) is 19.8. The summed E-state index contributed by atoms with van der Waals surface area (Å²) in [6, 6.07) is 5.65. The number of rotatable bonds is 2. The van der Waals surface area contributed by atoms with Gasteiger partial charge in [-0.1, -0.05) is 12.1 Å². The van der Waals surface area contributed by atoms with Crippen LogP contribution in [0.5, 0.6) is 0 Å². The molecule has 2 aromatic rings. The van der Waals surface area contributed by atoms with Gasteiger partial charge in [0.05, 0.1) is 18.8 Å². The summed E-state index contributed by atoms with van der Waals surface area (Å²) in [6.07, 6.45) is 4.46. The number of fused-ring (bicyclic) bond motifs is 1. The van der Waals surface area contributed by atoms with Crippen molar-refractivity contribution < 1.29 is 9.53 Å². The molecule has 1 aromatic carbocycles. The van der Waals surface area contributed by atoms with Gasteiger partial charge < -0.3 is 4.74 Å². The molecule has 3 rings (SSSR count). The summed E-state index contributed by atoms with van der Waals surface area (Å²) < 4.78 is 5.32. The largest absolute Gasteiger partial charge is 0.372 e. The highest BCUT2D eigenvalue weighted by molar-refractivity contribution is 6.08. The zero-order chi connectivity index (χ0) is 11.7. The third kappa shape index (κ3) is 1.83. The van der Waals surface area contributed by atoms with Gasteiger partial charge in [0.2, 0.25) is 0 Å². The van der Waals surface area contributed by atoms with Crippen molar-refractivity contribution in [3.05, 3.63) is 59.2 Å². The monoisotopic (exact) mass is 226 g/mol. The normalized spacial score (nSPS) is 13.4. The van der Waals surface area contributed by atoms with E-state index in [1.807, 2.05) is 18.2 Å². The number of hydrogen-bond donors (Lipinski definition) is 0. The maximum Gasteiger partial charge on any atom is 0.196 e. The van der Waals surface area contributed by atoms with Crippen LogP contribution in [0.25, 0.3) is 0 Å². The van der Waals surface area contributed by atoms with Crippen LogP contribution in [0, 0.1) is 0 Å². The highest BCUT2D eigenvalue weighted by Gasteiger charge is 2.15. The number of carbonyl (C=O) groups excluding carboxylic acids is 1. The first-order valence-electron chi connectivity index (χ1n) is 5.34. The molecule has 0 saturated heterocycles. The highest BCUT2D eigenvalue weighted by atomic mass is 16.5. The molecule has 0 radical (unpaired) electrons. The predicted octanol–water partition coefficient (Wildman–Crippen LogP) is 1.74. The maximum atomic E-state index is 12.1. The molecule has 0 atom stereocenters. The van der Waals surface area contributed by atoms with Crippen molar-refractivity contribution in [1.82, 2.24) is 9.97 Å². The topological polar surface area (TPSA) is 52.1 Å². The molecule has 0 spiro atoms. The van der Waals surface area contributed by atoms with E-state index in [2.05, 4.69) is 9.97 Å². The fourth-order valence-corrected chi connectivity index (χ4v) is 1.90. The van der Waals surface area contributed by atoms with Crippen LogP contribution in [0.3, 0.4) is 0 Å². The molecule has 0 unspecified atom stereocenters. The van der Waals surface area contributed by atoms with Crippen LogP contribution < -0.4 is 0 Å². The minimum Gasteiger partial charge on any atom is -0.372 e. The van der Waals surface area contributed by atoms with Gasteiger partial charge in [0.15, 0.2) is 5.78 Å². The lowest BCUT2D eigenvalue weighted by Gasteiger charge is -2.02. The van der Waals surface area contributed by atoms with Gasteiger partial charge in [0.25, 0.3) is 0 Å². The van der Waals surface area contributed by atoms with E-state index in [0.29, 0.717) is 24.3 Å². The SMILES string of the molecule is O=C(c1cncnc1)c1ccc2c(c1)COC2. The van der Waals surface area contributed by atoms with Gasteiger partial charge in [-0.15, -0.1) is 0 Å². The molecule has 4 heteroatoms. The molecule has 1 aliphatic rings. The van der Waals surface area contributed by atoms with E-state index in [0.717, 1.165) is 11.1 Å². The van der Waals surface area contributed by atoms with Crippen molar-refractivity contribution in [1.29, 1.82) is 0 Å². The molecule has 0 fully saturated rings. The second kappa shape index (κ2) is 4.07. The lowest BCUT2D eigenvalue weighted by atomic mass is 10.0. The van der Waals surface area contributed by atoms with E-state index < -0.39 is 0 Å². The lowest BCUT2D eigenvalue weighted by molar-refractivity contribution is 0.103. The van der Waals surface area contributed by atoms with Crippen molar-refractivity contribution >= 4 is 5.78 Å². The van der Waals surface area contributed by atoms with E-state index in [1.165, 1.54) is 18.7 Å². The number of ketones is 1. The molecule has 0 aliphatic carbocycles. The summed E-state index contributed by atoms with van der Waals surface area (Å²) in [5, 5.41) is 0. The van der Waals surface area contributed by atoms with Gasteiger partial charge in [-0.05, 0) is 17.2 Å². The first-order chi connectivity index (χ1) is 8.34. The minimum absolute atomic E-state index is 0.0553. The van der Waals surface area contributed by atoms with E-state index >= 15 is 0 Å². The van der Waals surface area contributed by atoms with Crippen molar-refractivity contribution in [3.63, 3.8) is 0 Å². The number of aromatic nitrogens is 2. The van der Waals surface area contributed by atoms with Crippen LogP contribution in [0.1, 0.15) is 27.0 Å². The molecule has 0 N–H and O–H groups in total. The molecule has 4 nitrogen and oxygen atoms in total. The van der Waals surface area contributed by atoms with Crippen LogP contribution in [-0.4, -0.2) is 15.8 Å². The molecular formula is C13H10N2O2. The van der Waals surface area contributed by atoms with Gasteiger partial charge in [-0.2, -0.15) is 0 Å². The zero-order valence-corrected chi connectivity index (χ0v) is 9.09. The summed E-state index contributed by atoms with van der Waals surface area (Å²) in [6.45, 7) is 1.22. The van der Waals surface area contributed by atoms with Gasteiger partial charge in [0.1, 0.15) is 6.33 Å². The first-order valence-corrected chi connectivity index (χ1v) is 5.34. The smallest absolute Gasteiger partial charge is 0.196 e. The second-order valence-electron chi connectivity index (χ2n) is 3.93. The maximum absolute atomic E-state index is 12.1. The molecule has 0 amide bonds. The number of ether oxygens (including phenoxy) is 1. The van der Waals surface area contributed by atoms with E-state index in [1.54, 1.807) is 0 Å². The number of nitrogens with zero attached hydrogens (tertiary/aromatic N) is 2. The van der Waals surface area contributed by atoms with Crippen molar-refractivity contribution in [2.24, 2.45) is 0 Å². The van der Waals surface area contributed by atoms with Crippen LogP contribution in [0.4, 0.5) is 0 Å². The predicted molar refractivity (Wildman–Crippen MR) is 60.4 cm³/mol. The molecule has 2 heterocycles. The fourth-order valence-electron chi connectivity index (χ4n) is 1.90. The number of benzene rings is 1. The average Bonchev–Trinajstić information content (AvgIpc) is 2.86. The van der Waals surface area contributed by atoms with Gasteiger partial charge in [0, 0.05) is 18.0 Å².